The average Bonchev–Trinajstić information content (AvgIpc) is 3.02. The number of carbonyl (C=O) groups excluding carboxylic acids is 1. The molecule has 0 aliphatic heterocycles. The molecular weight excluding hydrogens is 364 g/mol. The Morgan fingerprint density at radius 2 is 1.86 bits per heavy atom. The van der Waals surface area contributed by atoms with Gasteiger partial charge in [0.2, 0.25) is 5.91 Å². The first kappa shape index (κ1) is 19.4. The average molecular weight is 393 g/mol. The van der Waals surface area contributed by atoms with Crippen molar-refractivity contribution in [2.24, 2.45) is 5.92 Å². The van der Waals surface area contributed by atoms with Crippen LogP contribution in [0.25, 0.3) is 11.2 Å². The molecule has 1 N–H and O–H groups in total. The molecule has 6 nitrogen and oxygen atoms in total. The highest BCUT2D eigenvalue weighted by Crippen LogP contribution is 2.23. The SMILES string of the molecule is Cc1ccc(Cn2c(=O)n(CCNC(=O)C3CCCCC3)c3ncccc32)cc1. The molecule has 29 heavy (non-hydrogen) atoms. The van der Waals surface area contributed by atoms with Crippen molar-refractivity contribution in [2.45, 2.75) is 52.1 Å². The van der Waals surface area contributed by atoms with Crippen molar-refractivity contribution in [2.75, 3.05) is 6.54 Å². The Labute approximate surface area is 170 Å². The summed E-state index contributed by atoms with van der Waals surface area (Å²) in [6.45, 7) is 3.41. The Morgan fingerprint density at radius 3 is 2.62 bits per heavy atom. The van der Waals surface area contributed by atoms with E-state index in [0.29, 0.717) is 25.3 Å². The van der Waals surface area contributed by atoms with Crippen LogP contribution in [0, 0.1) is 12.8 Å². The highest BCUT2D eigenvalue weighted by atomic mass is 16.2. The lowest BCUT2D eigenvalue weighted by atomic mass is 9.89. The number of benzene rings is 1. The predicted octanol–water partition coefficient (Wildman–Crippen LogP) is 3.25. The normalized spacial score (nSPS) is 14.9. The van der Waals surface area contributed by atoms with Gasteiger partial charge in [0.25, 0.3) is 0 Å². The summed E-state index contributed by atoms with van der Waals surface area (Å²) in [5.41, 5.74) is 3.66. The molecule has 6 heteroatoms. The van der Waals surface area contributed by atoms with Crippen LogP contribution in [0.5, 0.6) is 0 Å². The number of aryl methyl sites for hydroxylation is 1. The molecule has 1 aliphatic rings. The van der Waals surface area contributed by atoms with Crippen molar-refractivity contribution in [3.05, 3.63) is 64.2 Å². The third kappa shape index (κ3) is 4.26. The number of fused-ring (bicyclic) bond motifs is 1. The second-order valence-electron chi connectivity index (χ2n) is 7.98. The van der Waals surface area contributed by atoms with Crippen molar-refractivity contribution in [1.82, 2.24) is 19.4 Å². The zero-order valence-electron chi connectivity index (χ0n) is 16.9. The molecule has 0 spiro atoms. The van der Waals surface area contributed by atoms with Crippen molar-refractivity contribution in [3.63, 3.8) is 0 Å². The Balaban J connectivity index is 1.52. The van der Waals surface area contributed by atoms with Crippen LogP contribution in [0.3, 0.4) is 0 Å². The first-order chi connectivity index (χ1) is 14.1. The first-order valence-corrected chi connectivity index (χ1v) is 10.5. The number of amides is 1. The van der Waals surface area contributed by atoms with Gasteiger partial charge in [-0.05, 0) is 37.5 Å². The van der Waals surface area contributed by atoms with E-state index in [1.165, 1.54) is 12.0 Å². The number of imidazole rings is 1. The van der Waals surface area contributed by atoms with E-state index < -0.39 is 0 Å². The van der Waals surface area contributed by atoms with E-state index in [-0.39, 0.29) is 17.5 Å². The number of rotatable bonds is 6. The molecule has 0 bridgehead atoms. The third-order valence-corrected chi connectivity index (χ3v) is 5.85. The number of hydrogen-bond donors (Lipinski definition) is 1. The van der Waals surface area contributed by atoms with Crippen molar-refractivity contribution in [1.29, 1.82) is 0 Å². The number of hydrogen-bond acceptors (Lipinski definition) is 3. The van der Waals surface area contributed by atoms with Gasteiger partial charge in [0, 0.05) is 25.2 Å². The summed E-state index contributed by atoms with van der Waals surface area (Å²) in [6.07, 6.45) is 7.15. The molecule has 0 radical (unpaired) electrons. The van der Waals surface area contributed by atoms with Crippen LogP contribution in [0.4, 0.5) is 0 Å². The molecule has 2 aromatic heterocycles. The van der Waals surface area contributed by atoms with Gasteiger partial charge < -0.3 is 5.32 Å². The number of nitrogens with one attached hydrogen (secondary N) is 1. The zero-order chi connectivity index (χ0) is 20.2. The molecule has 2 heterocycles. The fourth-order valence-electron chi connectivity index (χ4n) is 4.18. The molecule has 1 aromatic carbocycles. The van der Waals surface area contributed by atoms with Crippen molar-refractivity contribution in [3.8, 4) is 0 Å². The fraction of sp³-hybridized carbons (Fsp3) is 0.435. The summed E-state index contributed by atoms with van der Waals surface area (Å²) in [7, 11) is 0. The van der Waals surface area contributed by atoms with Crippen LogP contribution in [0.1, 0.15) is 43.2 Å². The zero-order valence-corrected chi connectivity index (χ0v) is 16.9. The van der Waals surface area contributed by atoms with Crippen LogP contribution < -0.4 is 11.0 Å². The summed E-state index contributed by atoms with van der Waals surface area (Å²) in [4.78, 5) is 29.9. The van der Waals surface area contributed by atoms with Crippen LogP contribution in [-0.2, 0) is 17.9 Å². The Kier molecular flexibility index (Phi) is 5.79. The lowest BCUT2D eigenvalue weighted by Crippen LogP contribution is -2.36. The van der Waals surface area contributed by atoms with E-state index in [2.05, 4.69) is 22.4 Å². The lowest BCUT2D eigenvalue weighted by molar-refractivity contribution is -0.125. The van der Waals surface area contributed by atoms with Crippen LogP contribution in [0.2, 0.25) is 0 Å². The minimum absolute atomic E-state index is 0.0915. The van der Waals surface area contributed by atoms with Crippen LogP contribution >= 0.6 is 0 Å². The molecule has 0 saturated heterocycles. The van der Waals surface area contributed by atoms with Crippen molar-refractivity contribution >= 4 is 17.1 Å². The van der Waals surface area contributed by atoms with Crippen molar-refractivity contribution < 1.29 is 4.79 Å². The van der Waals surface area contributed by atoms with Gasteiger partial charge in [0.05, 0.1) is 12.1 Å². The maximum Gasteiger partial charge on any atom is 0.330 e. The second kappa shape index (κ2) is 8.64. The predicted molar refractivity (Wildman–Crippen MR) is 114 cm³/mol. The molecule has 1 amide bonds. The minimum atomic E-state index is -0.0915. The maximum absolute atomic E-state index is 13.1. The van der Waals surface area contributed by atoms with Crippen LogP contribution in [0.15, 0.2) is 47.4 Å². The van der Waals surface area contributed by atoms with E-state index in [1.807, 2.05) is 31.2 Å². The Morgan fingerprint density at radius 1 is 1.10 bits per heavy atom. The maximum atomic E-state index is 13.1. The van der Waals surface area contributed by atoms with Gasteiger partial charge in [-0.25, -0.2) is 9.78 Å². The summed E-state index contributed by atoms with van der Waals surface area (Å²) < 4.78 is 3.43. The third-order valence-electron chi connectivity index (χ3n) is 5.85. The summed E-state index contributed by atoms with van der Waals surface area (Å²) in [6, 6.07) is 12.0. The number of nitrogens with zero attached hydrogens (tertiary/aromatic N) is 3. The summed E-state index contributed by atoms with van der Waals surface area (Å²) >= 11 is 0. The molecule has 0 unspecified atom stereocenters. The number of aromatic nitrogens is 3. The first-order valence-electron chi connectivity index (χ1n) is 10.5. The van der Waals surface area contributed by atoms with Gasteiger partial charge >= 0.3 is 5.69 Å². The van der Waals surface area contributed by atoms with Gasteiger partial charge in [-0.2, -0.15) is 0 Å². The van der Waals surface area contributed by atoms with E-state index in [1.54, 1.807) is 15.3 Å². The Hall–Kier alpha value is -2.89. The highest BCUT2D eigenvalue weighted by molar-refractivity contribution is 5.78. The monoisotopic (exact) mass is 392 g/mol. The highest BCUT2D eigenvalue weighted by Gasteiger charge is 2.21. The van der Waals surface area contributed by atoms with E-state index in [0.717, 1.165) is 36.8 Å². The molecule has 4 rings (SSSR count). The number of pyridine rings is 1. The van der Waals surface area contributed by atoms with Gasteiger partial charge in [0.15, 0.2) is 5.65 Å². The van der Waals surface area contributed by atoms with Gasteiger partial charge in [0.1, 0.15) is 0 Å². The molecule has 1 aliphatic carbocycles. The van der Waals surface area contributed by atoms with E-state index in [9.17, 15) is 9.59 Å². The quantitative estimate of drug-likeness (QED) is 0.700. The topological polar surface area (TPSA) is 68.9 Å². The smallest absolute Gasteiger partial charge is 0.330 e. The van der Waals surface area contributed by atoms with E-state index >= 15 is 0 Å². The molecule has 1 fully saturated rings. The van der Waals surface area contributed by atoms with Crippen LogP contribution in [-0.4, -0.2) is 26.6 Å². The summed E-state index contributed by atoms with van der Waals surface area (Å²) in [5, 5.41) is 3.02. The largest absolute Gasteiger partial charge is 0.354 e. The second-order valence-corrected chi connectivity index (χ2v) is 7.98. The minimum Gasteiger partial charge on any atom is -0.354 e. The fourth-order valence-corrected chi connectivity index (χ4v) is 4.18. The van der Waals surface area contributed by atoms with Gasteiger partial charge in [-0.1, -0.05) is 49.1 Å². The molecular formula is C23H28N4O2. The summed E-state index contributed by atoms with van der Waals surface area (Å²) in [5.74, 6) is 0.246. The van der Waals surface area contributed by atoms with E-state index in [4.69, 9.17) is 0 Å². The lowest BCUT2D eigenvalue weighted by Gasteiger charge is -2.20. The molecule has 3 aromatic rings. The number of carbonyl (C=O) groups is 1. The standard InChI is InChI=1S/C23H28N4O2/c1-17-9-11-18(12-10-17)16-27-20-8-5-13-24-21(20)26(23(27)29)15-14-25-22(28)19-6-3-2-4-7-19/h5,8-13,19H,2-4,6-7,14-16H2,1H3,(H,25,28). The molecule has 152 valence electrons. The van der Waals surface area contributed by atoms with Gasteiger partial charge in [-0.15, -0.1) is 0 Å². The van der Waals surface area contributed by atoms with Gasteiger partial charge in [-0.3, -0.25) is 13.9 Å². The molecule has 0 atom stereocenters. The Bertz CT molecular complexity index is 1040. The molecule has 1 saturated carbocycles.